The molecular formula is C21H13F3N10O. The number of nitrogens with one attached hydrogen (secondary N) is 1. The van der Waals surface area contributed by atoms with E-state index in [1.54, 1.807) is 31.3 Å². The van der Waals surface area contributed by atoms with E-state index < -0.39 is 23.3 Å². The summed E-state index contributed by atoms with van der Waals surface area (Å²) in [6.07, 6.45) is -0.142. The van der Waals surface area contributed by atoms with E-state index in [1.807, 2.05) is 6.07 Å². The van der Waals surface area contributed by atoms with Crippen molar-refractivity contribution in [2.75, 3.05) is 5.32 Å². The van der Waals surface area contributed by atoms with Crippen molar-refractivity contribution in [1.29, 1.82) is 5.26 Å². The van der Waals surface area contributed by atoms with E-state index in [0.717, 1.165) is 11.0 Å². The topological polar surface area (TPSA) is 132 Å². The van der Waals surface area contributed by atoms with Gasteiger partial charge in [0.15, 0.2) is 17.3 Å². The van der Waals surface area contributed by atoms with Crippen LogP contribution in [0.5, 0.6) is 0 Å². The number of benzene rings is 1. The van der Waals surface area contributed by atoms with Crippen LogP contribution in [0.4, 0.5) is 18.9 Å². The smallest absolute Gasteiger partial charge is 0.320 e. The minimum atomic E-state index is -4.92. The van der Waals surface area contributed by atoms with Crippen molar-refractivity contribution >= 4 is 22.5 Å². The highest BCUT2D eigenvalue weighted by molar-refractivity contribution is 6.05. The average molecular weight is 478 g/mol. The number of hydrogen-bond acceptors (Lipinski definition) is 7. The molecular weight excluding hydrogens is 465 g/mol. The molecule has 0 aliphatic carbocycles. The Bertz CT molecular complexity index is 1610. The molecule has 0 unspecified atom stereocenters. The molecule has 0 saturated heterocycles. The van der Waals surface area contributed by atoms with Gasteiger partial charge in [-0.2, -0.15) is 38.8 Å². The van der Waals surface area contributed by atoms with Crippen molar-refractivity contribution in [3.05, 3.63) is 71.9 Å². The molecule has 174 valence electrons. The number of aromatic nitrogens is 8. The molecule has 14 heteroatoms. The molecule has 0 bridgehead atoms. The summed E-state index contributed by atoms with van der Waals surface area (Å²) < 4.78 is 44.4. The molecule has 5 rings (SSSR count). The number of carbonyl (C=O) groups is 1. The van der Waals surface area contributed by atoms with Gasteiger partial charge in [-0.1, -0.05) is 12.1 Å². The second kappa shape index (κ2) is 8.06. The lowest BCUT2D eigenvalue weighted by atomic mass is 10.2. The highest BCUT2D eigenvalue weighted by atomic mass is 19.4. The summed E-state index contributed by atoms with van der Waals surface area (Å²) in [6, 6.07) is 9.88. The molecule has 1 N–H and O–H groups in total. The molecule has 35 heavy (non-hydrogen) atoms. The lowest BCUT2D eigenvalue weighted by Crippen LogP contribution is -2.21. The van der Waals surface area contributed by atoms with Gasteiger partial charge in [0, 0.05) is 12.4 Å². The van der Waals surface area contributed by atoms with Crippen molar-refractivity contribution in [2.45, 2.75) is 6.18 Å². The molecule has 0 fully saturated rings. The molecule has 4 heterocycles. The monoisotopic (exact) mass is 478 g/mol. The number of aryl methyl sites for hydroxylation is 1. The molecule has 0 atom stereocenters. The zero-order valence-electron chi connectivity index (χ0n) is 17.8. The summed E-state index contributed by atoms with van der Waals surface area (Å²) in [5.74, 6) is -1.06. The molecule has 0 aliphatic heterocycles. The van der Waals surface area contributed by atoms with Gasteiger partial charge in [-0.3, -0.25) is 9.48 Å². The SMILES string of the molecule is Cn1nc(-n2ncc(C(=O)Nc3cnc(-n4nccn4)c(C#N)c3)c2C(F)(F)F)c2ccccc21. The molecule has 5 aromatic rings. The first kappa shape index (κ1) is 21.8. The molecule has 0 aliphatic rings. The summed E-state index contributed by atoms with van der Waals surface area (Å²) in [5.41, 5.74) is -1.40. The van der Waals surface area contributed by atoms with Crippen LogP contribution in [0.25, 0.3) is 22.5 Å². The Labute approximate surface area is 194 Å². The number of amides is 1. The normalized spacial score (nSPS) is 11.5. The van der Waals surface area contributed by atoms with Crippen LogP contribution >= 0.6 is 0 Å². The maximum atomic E-state index is 14.1. The minimum absolute atomic E-state index is 0.00527. The minimum Gasteiger partial charge on any atom is -0.320 e. The van der Waals surface area contributed by atoms with E-state index in [2.05, 4.69) is 30.7 Å². The first-order valence-electron chi connectivity index (χ1n) is 9.93. The highest BCUT2D eigenvalue weighted by Crippen LogP contribution is 2.35. The van der Waals surface area contributed by atoms with Crippen LogP contribution in [0.1, 0.15) is 21.6 Å². The van der Waals surface area contributed by atoms with Gasteiger partial charge in [0.25, 0.3) is 5.91 Å². The number of para-hydroxylation sites is 1. The number of anilines is 1. The third-order valence-electron chi connectivity index (χ3n) is 5.07. The third kappa shape index (κ3) is 3.74. The largest absolute Gasteiger partial charge is 0.434 e. The second-order valence-electron chi connectivity index (χ2n) is 7.26. The van der Waals surface area contributed by atoms with Crippen molar-refractivity contribution in [3.8, 4) is 17.7 Å². The fourth-order valence-corrected chi connectivity index (χ4v) is 3.59. The van der Waals surface area contributed by atoms with Crippen molar-refractivity contribution in [1.82, 2.24) is 39.5 Å². The summed E-state index contributed by atoms with van der Waals surface area (Å²) in [4.78, 5) is 18.0. The van der Waals surface area contributed by atoms with Crippen LogP contribution in [-0.2, 0) is 13.2 Å². The zero-order chi connectivity index (χ0) is 24.7. The average Bonchev–Trinajstić information content (AvgIpc) is 3.58. The second-order valence-corrected chi connectivity index (χ2v) is 7.26. The Morgan fingerprint density at radius 3 is 2.54 bits per heavy atom. The maximum absolute atomic E-state index is 14.1. The van der Waals surface area contributed by atoms with Gasteiger partial charge in [-0.05, 0) is 18.2 Å². The molecule has 4 aromatic heterocycles. The Morgan fingerprint density at radius 2 is 1.83 bits per heavy atom. The number of rotatable bonds is 4. The predicted octanol–water partition coefficient (Wildman–Crippen LogP) is 2.88. The Balaban J connectivity index is 1.54. The fraction of sp³-hybridized carbons (Fsp3) is 0.0952. The van der Waals surface area contributed by atoms with Crippen LogP contribution in [0.3, 0.4) is 0 Å². The van der Waals surface area contributed by atoms with E-state index in [0.29, 0.717) is 15.6 Å². The number of pyridine rings is 1. The number of alkyl halides is 3. The highest BCUT2D eigenvalue weighted by Gasteiger charge is 2.41. The van der Waals surface area contributed by atoms with E-state index in [-0.39, 0.29) is 22.9 Å². The third-order valence-corrected chi connectivity index (χ3v) is 5.07. The number of nitrogens with zero attached hydrogens (tertiary/aromatic N) is 9. The Kier molecular flexibility index (Phi) is 5.01. The quantitative estimate of drug-likeness (QED) is 0.420. The zero-order valence-corrected chi connectivity index (χ0v) is 17.8. The lowest BCUT2D eigenvalue weighted by molar-refractivity contribution is -0.143. The molecule has 11 nitrogen and oxygen atoms in total. The van der Waals surface area contributed by atoms with Gasteiger partial charge in [0.2, 0.25) is 0 Å². The van der Waals surface area contributed by atoms with Crippen LogP contribution in [-0.4, -0.2) is 45.4 Å². The van der Waals surface area contributed by atoms with Crippen LogP contribution in [0.2, 0.25) is 0 Å². The summed E-state index contributed by atoms with van der Waals surface area (Å²) >= 11 is 0. The van der Waals surface area contributed by atoms with Gasteiger partial charge in [0.05, 0.1) is 41.6 Å². The van der Waals surface area contributed by atoms with Crippen molar-refractivity contribution in [2.24, 2.45) is 7.05 Å². The number of hydrogen-bond donors (Lipinski definition) is 1. The standard InChI is InChI=1S/C21H13F3N10O/c1-32-16-5-3-2-4-14(16)19(31-32)33-17(21(22,23)24)15(11-29-33)20(35)30-13-8-12(9-25)18(26-10-13)34-27-6-7-28-34/h2-8,10-11H,1H3,(H,30,35). The molecule has 0 radical (unpaired) electrons. The van der Waals surface area contributed by atoms with Gasteiger partial charge >= 0.3 is 6.18 Å². The summed E-state index contributed by atoms with van der Waals surface area (Å²) in [7, 11) is 1.60. The van der Waals surface area contributed by atoms with Crippen molar-refractivity contribution in [3.63, 3.8) is 0 Å². The van der Waals surface area contributed by atoms with E-state index in [4.69, 9.17) is 0 Å². The van der Waals surface area contributed by atoms with E-state index in [9.17, 15) is 23.2 Å². The fourth-order valence-electron chi connectivity index (χ4n) is 3.59. The Morgan fingerprint density at radius 1 is 1.09 bits per heavy atom. The van der Waals surface area contributed by atoms with Gasteiger partial charge in [0.1, 0.15) is 11.6 Å². The van der Waals surface area contributed by atoms with Gasteiger partial charge in [-0.25, -0.2) is 9.67 Å². The van der Waals surface area contributed by atoms with Crippen LogP contribution in [0, 0.1) is 11.3 Å². The number of carbonyl (C=O) groups excluding carboxylic acids is 1. The van der Waals surface area contributed by atoms with Crippen LogP contribution < -0.4 is 5.32 Å². The number of fused-ring (bicyclic) bond motifs is 1. The number of halogens is 3. The summed E-state index contributed by atoms with van der Waals surface area (Å²) in [6.45, 7) is 0. The predicted molar refractivity (Wildman–Crippen MR) is 115 cm³/mol. The van der Waals surface area contributed by atoms with E-state index in [1.165, 1.54) is 29.3 Å². The van der Waals surface area contributed by atoms with Gasteiger partial charge in [-0.15, -0.1) is 4.80 Å². The first-order chi connectivity index (χ1) is 16.8. The van der Waals surface area contributed by atoms with Crippen molar-refractivity contribution < 1.29 is 18.0 Å². The van der Waals surface area contributed by atoms with Gasteiger partial charge < -0.3 is 5.32 Å². The van der Waals surface area contributed by atoms with E-state index >= 15 is 0 Å². The maximum Gasteiger partial charge on any atom is 0.434 e. The molecule has 1 aromatic carbocycles. The molecule has 1 amide bonds. The number of nitriles is 1. The lowest BCUT2D eigenvalue weighted by Gasteiger charge is -2.12. The first-order valence-corrected chi connectivity index (χ1v) is 9.93. The van der Waals surface area contributed by atoms with Crippen LogP contribution in [0.15, 0.2) is 55.1 Å². The molecule has 0 saturated carbocycles. The Hall–Kier alpha value is -5.06. The molecule has 0 spiro atoms. The summed E-state index contributed by atoms with van der Waals surface area (Å²) in [5, 5.41) is 28.0.